The molecule has 2 saturated heterocycles. The first-order chi connectivity index (χ1) is 14.6. The molecular formula is C22H38IN5O3. The van der Waals surface area contributed by atoms with Crippen LogP contribution in [0.3, 0.4) is 0 Å². The lowest BCUT2D eigenvalue weighted by Crippen LogP contribution is -2.46. The van der Waals surface area contributed by atoms with Crippen LogP contribution < -0.4 is 20.1 Å². The van der Waals surface area contributed by atoms with Crippen LogP contribution >= 0.6 is 24.0 Å². The Kier molecular flexibility index (Phi) is 11.1. The summed E-state index contributed by atoms with van der Waals surface area (Å²) in [6.07, 6.45) is 1.26. The lowest BCUT2D eigenvalue weighted by molar-refractivity contribution is -0.0136. The summed E-state index contributed by atoms with van der Waals surface area (Å²) in [7, 11) is 5.51. The van der Waals surface area contributed by atoms with E-state index >= 15 is 0 Å². The number of nitrogens with zero attached hydrogens (tertiary/aromatic N) is 3. The smallest absolute Gasteiger partial charge is 0.191 e. The molecule has 0 aromatic heterocycles. The van der Waals surface area contributed by atoms with Crippen molar-refractivity contribution in [1.82, 2.24) is 20.4 Å². The fraction of sp³-hybridized carbons (Fsp3) is 0.682. The van der Waals surface area contributed by atoms with Gasteiger partial charge in [0, 0.05) is 51.4 Å². The second kappa shape index (κ2) is 13.3. The maximum absolute atomic E-state index is 5.84. The van der Waals surface area contributed by atoms with Crippen LogP contribution in [0, 0.1) is 0 Å². The van der Waals surface area contributed by atoms with Gasteiger partial charge in [0.2, 0.25) is 0 Å². The van der Waals surface area contributed by atoms with E-state index < -0.39 is 0 Å². The minimum Gasteiger partial charge on any atom is -0.497 e. The van der Waals surface area contributed by atoms with Gasteiger partial charge in [-0.2, -0.15) is 0 Å². The number of morpholine rings is 1. The molecule has 2 aliphatic rings. The van der Waals surface area contributed by atoms with Crippen LogP contribution in [-0.2, 0) is 11.3 Å². The van der Waals surface area contributed by atoms with Crippen LogP contribution in [0.4, 0.5) is 0 Å². The predicted molar refractivity (Wildman–Crippen MR) is 135 cm³/mol. The normalized spacial score (nSPS) is 22.6. The van der Waals surface area contributed by atoms with E-state index in [1.165, 1.54) is 5.56 Å². The fourth-order valence-electron chi connectivity index (χ4n) is 3.99. The molecule has 2 heterocycles. The topological polar surface area (TPSA) is 70.6 Å². The zero-order valence-corrected chi connectivity index (χ0v) is 21.6. The third-order valence-corrected chi connectivity index (χ3v) is 5.57. The molecule has 2 atom stereocenters. The van der Waals surface area contributed by atoms with E-state index in [0.29, 0.717) is 12.6 Å². The van der Waals surface area contributed by atoms with Gasteiger partial charge in [0.25, 0.3) is 0 Å². The molecule has 0 bridgehead atoms. The molecule has 0 amide bonds. The van der Waals surface area contributed by atoms with E-state index in [-0.39, 0.29) is 30.1 Å². The Morgan fingerprint density at radius 1 is 1.16 bits per heavy atom. The number of halogens is 1. The van der Waals surface area contributed by atoms with Crippen molar-refractivity contribution >= 4 is 29.9 Å². The highest BCUT2D eigenvalue weighted by Gasteiger charge is 2.24. The molecule has 2 unspecified atom stereocenters. The fourth-order valence-corrected chi connectivity index (χ4v) is 3.99. The molecule has 0 spiro atoms. The minimum atomic E-state index is 0. The van der Waals surface area contributed by atoms with Crippen molar-refractivity contribution in [2.45, 2.75) is 32.0 Å². The largest absolute Gasteiger partial charge is 0.497 e. The van der Waals surface area contributed by atoms with Crippen molar-refractivity contribution in [2.24, 2.45) is 4.99 Å². The lowest BCUT2D eigenvalue weighted by atomic mass is 10.2. The van der Waals surface area contributed by atoms with Crippen molar-refractivity contribution in [3.8, 4) is 11.5 Å². The Balaban J connectivity index is 0.00000341. The van der Waals surface area contributed by atoms with Gasteiger partial charge in [-0.05, 0) is 38.1 Å². The molecule has 2 N–H and O–H groups in total. The van der Waals surface area contributed by atoms with Gasteiger partial charge in [0.15, 0.2) is 5.96 Å². The highest BCUT2D eigenvalue weighted by Crippen LogP contribution is 2.24. The summed E-state index contributed by atoms with van der Waals surface area (Å²) in [6.45, 7) is 9.24. The van der Waals surface area contributed by atoms with E-state index in [9.17, 15) is 0 Å². The van der Waals surface area contributed by atoms with Gasteiger partial charge in [-0.25, -0.2) is 0 Å². The molecule has 0 saturated carbocycles. The molecule has 3 rings (SSSR count). The molecule has 1 aromatic rings. The number of likely N-dealkylation sites (tertiary alicyclic amines) is 1. The first-order valence-electron chi connectivity index (χ1n) is 10.9. The highest BCUT2D eigenvalue weighted by atomic mass is 127. The van der Waals surface area contributed by atoms with Crippen molar-refractivity contribution < 1.29 is 14.2 Å². The Morgan fingerprint density at radius 3 is 2.55 bits per heavy atom. The number of methoxy groups -OCH3 is 2. The van der Waals surface area contributed by atoms with Gasteiger partial charge in [0.05, 0.1) is 33.5 Å². The van der Waals surface area contributed by atoms with Crippen molar-refractivity contribution in [3.63, 3.8) is 0 Å². The molecule has 1 aromatic carbocycles. The van der Waals surface area contributed by atoms with E-state index in [2.05, 4.69) is 46.5 Å². The number of likely N-dealkylation sites (N-methyl/N-ethyl adjacent to an activating group) is 1. The second-order valence-corrected chi connectivity index (χ2v) is 8.06. The summed E-state index contributed by atoms with van der Waals surface area (Å²) < 4.78 is 16.6. The van der Waals surface area contributed by atoms with Gasteiger partial charge < -0.3 is 29.7 Å². The number of ether oxygens (including phenoxy) is 3. The summed E-state index contributed by atoms with van der Waals surface area (Å²) in [5.41, 5.74) is 1.20. The van der Waals surface area contributed by atoms with Crippen LogP contribution in [0.1, 0.15) is 18.9 Å². The van der Waals surface area contributed by atoms with Gasteiger partial charge in [-0.15, -0.1) is 24.0 Å². The van der Waals surface area contributed by atoms with Crippen molar-refractivity contribution in [2.75, 3.05) is 67.1 Å². The molecule has 31 heavy (non-hydrogen) atoms. The number of rotatable bonds is 8. The molecule has 9 heteroatoms. The number of benzene rings is 1. The Labute approximate surface area is 203 Å². The summed E-state index contributed by atoms with van der Waals surface area (Å²) in [5, 5.41) is 6.98. The quantitative estimate of drug-likeness (QED) is 0.292. The molecule has 0 aliphatic carbocycles. The molecular weight excluding hydrogens is 509 g/mol. The average Bonchev–Trinajstić information content (AvgIpc) is 3.18. The van der Waals surface area contributed by atoms with Crippen LogP contribution in [-0.4, -0.2) is 95.0 Å². The summed E-state index contributed by atoms with van der Waals surface area (Å²) in [5.74, 6) is 2.54. The molecule has 8 nitrogen and oxygen atoms in total. The van der Waals surface area contributed by atoms with Crippen molar-refractivity contribution in [1.29, 1.82) is 0 Å². The number of aliphatic imine (C=N–C) groups is 1. The maximum atomic E-state index is 5.84. The lowest BCUT2D eigenvalue weighted by Gasteiger charge is -2.29. The maximum Gasteiger partial charge on any atom is 0.191 e. The minimum absolute atomic E-state index is 0. The van der Waals surface area contributed by atoms with Gasteiger partial charge in [0.1, 0.15) is 11.5 Å². The summed E-state index contributed by atoms with van der Waals surface area (Å²) >= 11 is 0. The monoisotopic (exact) mass is 547 g/mol. The van der Waals surface area contributed by atoms with Crippen molar-refractivity contribution in [3.05, 3.63) is 23.8 Å². The Bertz CT molecular complexity index is 683. The SMILES string of the molecule is CCNC(=NCC1CN(C)CCO1)NC1CCN(Cc2cc(OC)cc(OC)c2)C1.I. The van der Waals surface area contributed by atoms with Gasteiger partial charge in [-0.3, -0.25) is 9.89 Å². The average molecular weight is 547 g/mol. The van der Waals surface area contributed by atoms with Gasteiger partial charge in [-0.1, -0.05) is 0 Å². The Hall–Kier alpha value is -1.30. The van der Waals surface area contributed by atoms with Crippen LogP contribution in [0.25, 0.3) is 0 Å². The molecule has 176 valence electrons. The van der Waals surface area contributed by atoms with E-state index in [1.54, 1.807) is 14.2 Å². The van der Waals surface area contributed by atoms with E-state index in [1.807, 2.05) is 6.07 Å². The van der Waals surface area contributed by atoms with Crippen LogP contribution in [0.2, 0.25) is 0 Å². The number of guanidine groups is 1. The zero-order valence-electron chi connectivity index (χ0n) is 19.2. The third-order valence-electron chi connectivity index (χ3n) is 5.57. The second-order valence-electron chi connectivity index (χ2n) is 8.06. The van der Waals surface area contributed by atoms with Crippen LogP contribution in [0.15, 0.2) is 23.2 Å². The first kappa shape index (κ1) is 26.0. The molecule has 0 radical (unpaired) electrons. The highest BCUT2D eigenvalue weighted by molar-refractivity contribution is 14.0. The Morgan fingerprint density at radius 2 is 1.90 bits per heavy atom. The summed E-state index contributed by atoms with van der Waals surface area (Å²) in [4.78, 5) is 9.53. The molecule has 2 aliphatic heterocycles. The number of hydrogen-bond acceptors (Lipinski definition) is 6. The van der Waals surface area contributed by atoms with Gasteiger partial charge >= 0.3 is 0 Å². The number of nitrogens with one attached hydrogen (secondary N) is 2. The van der Waals surface area contributed by atoms with E-state index in [4.69, 9.17) is 19.2 Å². The third kappa shape index (κ3) is 8.28. The predicted octanol–water partition coefficient (Wildman–Crippen LogP) is 1.78. The zero-order chi connectivity index (χ0) is 21.3. The number of hydrogen-bond donors (Lipinski definition) is 2. The first-order valence-corrected chi connectivity index (χ1v) is 10.9. The summed E-state index contributed by atoms with van der Waals surface area (Å²) in [6, 6.07) is 6.45. The molecule has 2 fully saturated rings. The standard InChI is InChI=1S/C22H37N5O3.HI/c1-5-23-22(24-13-21-16-26(2)8-9-30-21)25-18-6-7-27(15-18)14-17-10-19(28-3)12-20(11-17)29-4;/h10-12,18,21H,5-9,13-16H2,1-4H3,(H2,23,24,25);1H. The van der Waals surface area contributed by atoms with Crippen LogP contribution in [0.5, 0.6) is 11.5 Å². The van der Waals surface area contributed by atoms with E-state index in [0.717, 1.165) is 69.8 Å².